The van der Waals surface area contributed by atoms with E-state index in [1.807, 2.05) is 0 Å². The lowest BCUT2D eigenvalue weighted by molar-refractivity contribution is -0.351. The molecule has 4 N–H and O–H groups in total. The van der Waals surface area contributed by atoms with Crippen LogP contribution in [0.5, 0.6) is 0 Å². The van der Waals surface area contributed by atoms with Crippen LogP contribution in [0.3, 0.4) is 0 Å². The maximum atomic E-state index is 12.2. The largest absolute Gasteiger partial charge is 0.496 e. The predicted molar refractivity (Wildman–Crippen MR) is 288 cm³/mol. The van der Waals surface area contributed by atoms with Gasteiger partial charge in [-0.15, -0.1) is 0 Å². The number of aliphatic hydroxyl groups is 3. The molecule has 84 heavy (non-hydrogen) atoms. The number of nitrogens with one attached hydrogen (secondary N) is 1. The second-order valence-electron chi connectivity index (χ2n) is 19.4. The standard InChI is InChI=1S/C54H95NO29/c1-17-36(56)55-28-75-27-35-40-44(70-12)48(74-16)54(81-35)78-31(20-23-62-4)41(67-9)50(58)83-38-34(26-64-6)80-53(47(73-15)43(38)69-11)77-30(19-22-61-3)37(66-8)45(71-13)51(59)84-39-33(25-63-5)79-52(46(72-14)42(39)68-10)76-29(18-21-60-2)24-32(65-7)49(57)82-40/h17,24,29-31,33-35,37-40,42-49,51-54,57-59H,1,18-23,25-28H2,2-16H3,(H,55,56)/b32-24+,50-41-. The van der Waals surface area contributed by atoms with Crippen LogP contribution < -0.4 is 5.32 Å². The molecular weight excluding hydrogens is 1130 g/mol. The van der Waals surface area contributed by atoms with E-state index in [0.717, 1.165) is 6.08 Å². The molecule has 0 saturated carbocycles. The summed E-state index contributed by atoms with van der Waals surface area (Å²) in [5.74, 6) is -1.64. The van der Waals surface area contributed by atoms with Crippen molar-refractivity contribution in [2.24, 2.45) is 0 Å². The van der Waals surface area contributed by atoms with Crippen molar-refractivity contribution >= 4 is 5.91 Å². The summed E-state index contributed by atoms with van der Waals surface area (Å²) in [6.45, 7) is 2.99. The van der Waals surface area contributed by atoms with Crippen molar-refractivity contribution in [2.45, 2.75) is 154 Å². The Kier molecular flexibility index (Phi) is 34.1. The first-order valence-corrected chi connectivity index (χ1v) is 27.3. The number of carbonyl (C=O) groups is 1. The fourth-order valence-corrected chi connectivity index (χ4v) is 10.4. The highest BCUT2D eigenvalue weighted by Gasteiger charge is 2.55. The number of hydrogen-bond acceptors (Lipinski definition) is 29. The van der Waals surface area contributed by atoms with Crippen LogP contribution in [0, 0.1) is 0 Å². The normalized spacial score (nSPS) is 38.4. The summed E-state index contributed by atoms with van der Waals surface area (Å²) >= 11 is 0. The maximum absolute atomic E-state index is 12.2. The molecular formula is C54H95NO29. The number of carbonyl (C=O) groups excluding carboxylic acids is 1. The average molecular weight is 1220 g/mol. The SMILES string of the molecule is C=CC(=O)NCOCC1OC2OC(CCOC)/C(OC)=C(\O)OC3C(COC)OC(OC(CCOC)C(OC)C(OC)C(O)OC4C(COC)OC(OC(CCOC)/C=C(/OC)C(O)OC1C(OC)C2OC)C(OC)C4OC)C(OC)C3OC. The first-order chi connectivity index (χ1) is 40.6. The van der Waals surface area contributed by atoms with Gasteiger partial charge in [-0.25, -0.2) is 0 Å². The molecule has 7 aliphatic heterocycles. The van der Waals surface area contributed by atoms with Gasteiger partial charge in [0, 0.05) is 125 Å². The maximum Gasteiger partial charge on any atom is 0.319 e. The molecule has 490 valence electrons. The molecule has 7 rings (SSSR count). The van der Waals surface area contributed by atoms with E-state index in [1.54, 1.807) is 0 Å². The Labute approximate surface area is 492 Å². The monoisotopic (exact) mass is 1220 g/mol. The van der Waals surface area contributed by atoms with Gasteiger partial charge in [0.25, 0.3) is 0 Å². The van der Waals surface area contributed by atoms with E-state index >= 15 is 0 Å². The Morgan fingerprint density at radius 2 is 0.976 bits per heavy atom. The number of rotatable bonds is 28. The zero-order chi connectivity index (χ0) is 61.9. The topological polar surface area (TPSA) is 321 Å². The lowest BCUT2D eigenvalue weighted by atomic mass is 9.97. The van der Waals surface area contributed by atoms with Crippen molar-refractivity contribution in [3.63, 3.8) is 0 Å². The third-order valence-electron chi connectivity index (χ3n) is 14.5. The van der Waals surface area contributed by atoms with Crippen LogP contribution in [-0.4, -0.2) is 309 Å². The molecule has 0 aliphatic carbocycles. The molecule has 3 fully saturated rings. The molecule has 0 aromatic heterocycles. The van der Waals surface area contributed by atoms with Crippen LogP contribution in [-0.2, 0) is 123 Å². The van der Waals surface area contributed by atoms with Gasteiger partial charge in [0.2, 0.25) is 18.0 Å². The van der Waals surface area contributed by atoms with Crippen LogP contribution >= 0.6 is 0 Å². The second kappa shape index (κ2) is 39.0. The highest BCUT2D eigenvalue weighted by atomic mass is 16.8. The van der Waals surface area contributed by atoms with Gasteiger partial charge >= 0.3 is 5.95 Å². The van der Waals surface area contributed by atoms with Gasteiger partial charge in [-0.3, -0.25) is 4.79 Å². The van der Waals surface area contributed by atoms with Gasteiger partial charge in [-0.05, 0) is 18.6 Å². The van der Waals surface area contributed by atoms with Gasteiger partial charge in [0.1, 0.15) is 92.2 Å². The first-order valence-electron chi connectivity index (χ1n) is 27.3. The van der Waals surface area contributed by atoms with Crippen LogP contribution in [0.1, 0.15) is 19.3 Å². The van der Waals surface area contributed by atoms with Crippen LogP contribution in [0.4, 0.5) is 0 Å². The summed E-state index contributed by atoms with van der Waals surface area (Å²) in [6.07, 6.45) is -23.7. The van der Waals surface area contributed by atoms with Crippen molar-refractivity contribution in [1.29, 1.82) is 0 Å². The Hall–Kier alpha value is -3.07. The molecule has 0 radical (unpaired) electrons. The van der Waals surface area contributed by atoms with E-state index in [4.69, 9.17) is 118 Å². The summed E-state index contributed by atoms with van der Waals surface area (Å²) in [7, 11) is 21.2. The average Bonchev–Trinajstić information content (AvgIpc) is 3.15. The summed E-state index contributed by atoms with van der Waals surface area (Å²) < 4.78 is 153. The zero-order valence-corrected chi connectivity index (χ0v) is 51.1. The molecule has 1 amide bonds. The number of fused-ring (bicyclic) bond motifs is 2. The van der Waals surface area contributed by atoms with Gasteiger partial charge in [-0.2, -0.15) is 0 Å². The minimum absolute atomic E-state index is 0.0261. The van der Waals surface area contributed by atoms with Gasteiger partial charge in [-0.1, -0.05) is 6.58 Å². The summed E-state index contributed by atoms with van der Waals surface area (Å²) in [4.78, 5) is 12.1. The van der Waals surface area contributed by atoms with E-state index in [0.29, 0.717) is 0 Å². The number of amides is 1. The smallest absolute Gasteiger partial charge is 0.319 e. The van der Waals surface area contributed by atoms with E-state index in [-0.39, 0.29) is 77.2 Å². The Balaban J connectivity index is 1.99. The number of aliphatic hydroxyl groups excluding tert-OH is 3. The lowest BCUT2D eigenvalue weighted by Gasteiger charge is -2.47. The number of methoxy groups -OCH3 is 15. The van der Waals surface area contributed by atoms with E-state index in [9.17, 15) is 20.1 Å². The molecule has 0 aromatic rings. The van der Waals surface area contributed by atoms with Crippen molar-refractivity contribution < 1.29 is 139 Å². The Bertz CT molecular complexity index is 1890. The zero-order valence-electron chi connectivity index (χ0n) is 51.1. The minimum Gasteiger partial charge on any atom is -0.496 e. The quantitative estimate of drug-likeness (QED) is 0.0449. The van der Waals surface area contributed by atoms with Gasteiger partial charge < -0.3 is 139 Å². The third-order valence-corrected chi connectivity index (χ3v) is 14.5. The highest BCUT2D eigenvalue weighted by molar-refractivity contribution is 5.86. The first kappa shape index (κ1) is 73.4. The molecule has 3 saturated heterocycles. The molecule has 30 heteroatoms. The highest BCUT2D eigenvalue weighted by Crippen LogP contribution is 2.37. The van der Waals surface area contributed by atoms with E-state index in [1.165, 1.54) is 113 Å². The number of hydrogen-bond donors (Lipinski definition) is 4. The van der Waals surface area contributed by atoms with Crippen molar-refractivity contribution in [3.05, 3.63) is 36.2 Å². The molecule has 7 aliphatic rings. The van der Waals surface area contributed by atoms with E-state index < -0.39 is 147 Å². The lowest BCUT2D eigenvalue weighted by Crippen LogP contribution is -2.64. The summed E-state index contributed by atoms with van der Waals surface area (Å²) in [6, 6.07) is 0. The fraction of sp³-hybridized carbons (Fsp3) is 0.870. The molecule has 6 bridgehead atoms. The molecule has 0 spiro atoms. The molecule has 22 unspecified atom stereocenters. The second-order valence-corrected chi connectivity index (χ2v) is 19.4. The van der Waals surface area contributed by atoms with Gasteiger partial charge in [0.15, 0.2) is 37.0 Å². The van der Waals surface area contributed by atoms with Crippen LogP contribution in [0.15, 0.2) is 36.2 Å². The van der Waals surface area contributed by atoms with Crippen molar-refractivity contribution in [2.75, 3.05) is 153 Å². The van der Waals surface area contributed by atoms with Gasteiger partial charge in [0.05, 0.1) is 46.2 Å². The summed E-state index contributed by atoms with van der Waals surface area (Å²) in [5, 5.41) is 39.0. The Morgan fingerprint density at radius 3 is 1.48 bits per heavy atom. The fourth-order valence-electron chi connectivity index (χ4n) is 10.4. The third kappa shape index (κ3) is 19.7. The minimum atomic E-state index is -1.87. The molecule has 0 aromatic carbocycles. The molecule has 7 heterocycles. The Morgan fingerprint density at radius 1 is 0.512 bits per heavy atom. The predicted octanol–water partition coefficient (Wildman–Crippen LogP) is -0.175. The molecule has 30 nitrogen and oxygen atoms in total. The number of ether oxygens (including phenoxy) is 25. The van der Waals surface area contributed by atoms with Crippen molar-refractivity contribution in [3.8, 4) is 0 Å². The van der Waals surface area contributed by atoms with E-state index in [2.05, 4.69) is 11.9 Å². The summed E-state index contributed by atoms with van der Waals surface area (Å²) in [5.41, 5.74) is 0. The van der Waals surface area contributed by atoms with Crippen molar-refractivity contribution in [1.82, 2.24) is 5.32 Å². The van der Waals surface area contributed by atoms with Crippen LogP contribution in [0.2, 0.25) is 0 Å². The molecule has 22 atom stereocenters. The van der Waals surface area contributed by atoms with Crippen LogP contribution in [0.25, 0.3) is 0 Å².